The molecule has 4 atom stereocenters. The van der Waals surface area contributed by atoms with Gasteiger partial charge in [-0.25, -0.2) is 13.8 Å². The summed E-state index contributed by atoms with van der Waals surface area (Å²) in [6.07, 6.45) is 2.80. The number of aliphatic hydroxyl groups excluding tert-OH is 1. The molecule has 1 fully saturated rings. The first-order valence-corrected chi connectivity index (χ1v) is 10.3. The molecule has 4 heterocycles. The summed E-state index contributed by atoms with van der Waals surface area (Å²) in [6, 6.07) is -0.906. The van der Waals surface area contributed by atoms with Gasteiger partial charge in [0.05, 0.1) is 30.0 Å². The molecule has 0 radical (unpaired) electrons. The average molecular weight is 412 g/mol. The Kier molecular flexibility index (Phi) is 4.32. The van der Waals surface area contributed by atoms with Crippen molar-refractivity contribution in [1.82, 2.24) is 9.30 Å². The van der Waals surface area contributed by atoms with Gasteiger partial charge in [-0.05, 0) is 18.7 Å². The van der Waals surface area contributed by atoms with Gasteiger partial charge in [-0.3, -0.25) is 4.79 Å². The highest BCUT2D eigenvalue weighted by Gasteiger charge is 2.60. The Labute approximate surface area is 162 Å². The van der Waals surface area contributed by atoms with Crippen molar-refractivity contribution in [3.8, 4) is 0 Å². The van der Waals surface area contributed by atoms with Gasteiger partial charge in [0, 0.05) is 11.5 Å². The van der Waals surface area contributed by atoms with E-state index in [-0.39, 0.29) is 23.6 Å². The monoisotopic (exact) mass is 412 g/mol. The molecule has 0 bridgehead atoms. The standard InChI is InChI=1S/C17H18FN3O4S2/c1-7-10(9-4-20-6-19(3)15(26-5-18)16(20)27-9)13(17(24)25)21-12(7)11(8(2)22)14(21)23/h4,6-8,11-12,22H,5H2,1-3H3/p+1/t7-,8+,11+,12+/m0/s1. The molecule has 0 saturated carbocycles. The van der Waals surface area contributed by atoms with E-state index in [4.69, 9.17) is 0 Å². The minimum Gasteiger partial charge on any atom is -0.477 e. The van der Waals surface area contributed by atoms with Crippen molar-refractivity contribution in [2.45, 2.75) is 31.0 Å². The molecule has 2 aliphatic rings. The number of aromatic nitrogens is 2. The average Bonchev–Trinajstić information content (AvgIpc) is 3.17. The molecular formula is C17H19FN3O4S2+. The van der Waals surface area contributed by atoms with E-state index < -0.39 is 24.0 Å². The summed E-state index contributed by atoms with van der Waals surface area (Å²) in [6.45, 7) is 3.44. The Balaban J connectivity index is 1.84. The lowest BCUT2D eigenvalue weighted by Crippen LogP contribution is -2.63. The fraction of sp³-hybridized carbons (Fsp3) is 0.471. The van der Waals surface area contributed by atoms with Crippen LogP contribution in [0.1, 0.15) is 18.7 Å². The van der Waals surface area contributed by atoms with E-state index in [0.717, 1.165) is 26.5 Å². The van der Waals surface area contributed by atoms with Crippen molar-refractivity contribution in [2.24, 2.45) is 18.9 Å². The van der Waals surface area contributed by atoms with E-state index in [9.17, 15) is 24.2 Å². The number of aryl methyl sites for hydroxylation is 1. The molecule has 10 heteroatoms. The maximum atomic E-state index is 12.9. The van der Waals surface area contributed by atoms with Crippen LogP contribution in [0.4, 0.5) is 4.39 Å². The molecule has 2 aromatic rings. The summed E-state index contributed by atoms with van der Waals surface area (Å²) in [4.78, 5) is 27.3. The van der Waals surface area contributed by atoms with Crippen LogP contribution >= 0.6 is 23.1 Å². The minimum atomic E-state index is -1.15. The topological polar surface area (TPSA) is 86.1 Å². The fourth-order valence-electron chi connectivity index (χ4n) is 4.23. The van der Waals surface area contributed by atoms with Crippen LogP contribution < -0.4 is 4.57 Å². The smallest absolute Gasteiger partial charge is 0.352 e. The van der Waals surface area contributed by atoms with E-state index in [2.05, 4.69) is 0 Å². The van der Waals surface area contributed by atoms with Crippen LogP contribution in [0.25, 0.3) is 10.4 Å². The van der Waals surface area contributed by atoms with Crippen LogP contribution in [0.15, 0.2) is 23.2 Å². The van der Waals surface area contributed by atoms with Gasteiger partial charge < -0.3 is 15.1 Å². The molecule has 2 aromatic heterocycles. The van der Waals surface area contributed by atoms with E-state index in [1.165, 1.54) is 16.2 Å². The number of thiazole rings is 1. The summed E-state index contributed by atoms with van der Waals surface area (Å²) in [5.74, 6) is -2.31. The summed E-state index contributed by atoms with van der Waals surface area (Å²) < 4.78 is 16.5. The minimum absolute atomic E-state index is 0.0111. The van der Waals surface area contributed by atoms with Gasteiger partial charge in [0.25, 0.3) is 0 Å². The molecule has 0 spiro atoms. The maximum absolute atomic E-state index is 12.9. The van der Waals surface area contributed by atoms with Crippen LogP contribution in [0.2, 0.25) is 0 Å². The third-order valence-electron chi connectivity index (χ3n) is 5.33. The number of carboxylic acids is 1. The van der Waals surface area contributed by atoms with Crippen molar-refractivity contribution >= 4 is 45.4 Å². The van der Waals surface area contributed by atoms with Crippen molar-refractivity contribution in [2.75, 3.05) is 6.01 Å². The number of β-lactam (4-membered cyclic amide) rings is 1. The van der Waals surface area contributed by atoms with E-state index in [0.29, 0.717) is 5.57 Å². The molecule has 1 saturated heterocycles. The predicted molar refractivity (Wildman–Crippen MR) is 97.8 cm³/mol. The Morgan fingerprint density at radius 1 is 1.52 bits per heavy atom. The van der Waals surface area contributed by atoms with Crippen molar-refractivity contribution in [3.05, 3.63) is 23.1 Å². The predicted octanol–water partition coefficient (Wildman–Crippen LogP) is 1.50. The third kappa shape index (κ3) is 2.46. The molecule has 144 valence electrons. The number of carboxylic acid groups (broad SMARTS) is 1. The molecular weight excluding hydrogens is 393 g/mol. The lowest BCUT2D eigenvalue weighted by Gasteiger charge is -2.46. The highest BCUT2D eigenvalue weighted by Crippen LogP contribution is 2.51. The van der Waals surface area contributed by atoms with Gasteiger partial charge in [-0.1, -0.05) is 18.3 Å². The number of aliphatic hydroxyl groups is 1. The van der Waals surface area contributed by atoms with Crippen molar-refractivity contribution in [3.63, 3.8) is 0 Å². The fourth-order valence-corrected chi connectivity index (χ4v) is 6.32. The van der Waals surface area contributed by atoms with Gasteiger partial charge in [0.2, 0.25) is 22.1 Å². The summed E-state index contributed by atoms with van der Waals surface area (Å²) in [5.41, 5.74) is 0.583. The summed E-state index contributed by atoms with van der Waals surface area (Å²) >= 11 is 2.46. The Morgan fingerprint density at radius 2 is 2.22 bits per heavy atom. The zero-order valence-electron chi connectivity index (χ0n) is 14.9. The number of rotatable bonds is 5. The largest absolute Gasteiger partial charge is 0.477 e. The molecule has 1 amide bonds. The molecule has 4 rings (SSSR count). The number of halogens is 1. The number of nitrogens with zero attached hydrogens (tertiary/aromatic N) is 3. The van der Waals surface area contributed by atoms with Crippen LogP contribution in [0.3, 0.4) is 0 Å². The molecule has 27 heavy (non-hydrogen) atoms. The van der Waals surface area contributed by atoms with Crippen LogP contribution in [-0.2, 0) is 16.6 Å². The second-order valence-electron chi connectivity index (χ2n) is 6.91. The van der Waals surface area contributed by atoms with E-state index in [1.54, 1.807) is 6.92 Å². The quantitative estimate of drug-likeness (QED) is 0.442. The lowest BCUT2D eigenvalue weighted by molar-refractivity contribution is -0.705. The van der Waals surface area contributed by atoms with Gasteiger partial charge in [0.15, 0.2) is 0 Å². The van der Waals surface area contributed by atoms with Crippen molar-refractivity contribution in [1.29, 1.82) is 0 Å². The van der Waals surface area contributed by atoms with Crippen LogP contribution in [0, 0.1) is 11.8 Å². The Hall–Kier alpha value is -1.91. The number of thioether (sulfide) groups is 1. The highest BCUT2D eigenvalue weighted by molar-refractivity contribution is 7.99. The highest BCUT2D eigenvalue weighted by atomic mass is 32.2. The Morgan fingerprint density at radius 3 is 2.81 bits per heavy atom. The zero-order chi connectivity index (χ0) is 19.6. The molecule has 7 nitrogen and oxygen atoms in total. The summed E-state index contributed by atoms with van der Waals surface area (Å²) in [7, 11) is 1.83. The number of aliphatic carboxylic acids is 1. The third-order valence-corrected chi connectivity index (χ3v) is 7.47. The molecule has 0 aliphatic carbocycles. The van der Waals surface area contributed by atoms with Gasteiger partial charge in [-0.15, -0.1) is 0 Å². The number of hydrogen-bond donors (Lipinski definition) is 2. The van der Waals surface area contributed by atoms with Gasteiger partial charge in [-0.2, -0.15) is 4.40 Å². The first-order valence-electron chi connectivity index (χ1n) is 8.45. The van der Waals surface area contributed by atoms with Gasteiger partial charge in [0.1, 0.15) is 17.9 Å². The van der Waals surface area contributed by atoms with Crippen LogP contribution in [-0.4, -0.2) is 49.5 Å². The number of hydrogen-bond acceptors (Lipinski definition) is 5. The molecule has 0 aromatic carbocycles. The number of imidazole rings is 1. The number of carbonyl (C=O) groups is 2. The SMILES string of the molecule is C[C@@H](O)[C@H]1C(=O)N2C(C(=O)O)=C(c3cn4c[n+](C)c(SCF)c4s3)[C@H](C)[C@H]12. The number of alkyl halides is 1. The maximum Gasteiger partial charge on any atom is 0.352 e. The first kappa shape index (κ1) is 18.5. The lowest BCUT2D eigenvalue weighted by atomic mass is 9.77. The van der Waals surface area contributed by atoms with E-state index >= 15 is 0 Å². The van der Waals surface area contributed by atoms with Crippen molar-refractivity contribution < 1.29 is 28.8 Å². The number of amides is 1. The number of carbonyl (C=O) groups excluding carboxylic acids is 1. The van der Waals surface area contributed by atoms with E-state index in [1.807, 2.05) is 35.5 Å². The molecule has 2 N–H and O–H groups in total. The normalized spacial score (nSPS) is 25.9. The first-order chi connectivity index (χ1) is 12.8. The second-order valence-corrected chi connectivity index (χ2v) is 8.84. The Bertz CT molecular complexity index is 996. The molecule has 0 unspecified atom stereocenters. The van der Waals surface area contributed by atoms with Gasteiger partial charge >= 0.3 is 5.97 Å². The molecule has 2 aliphatic heterocycles. The zero-order valence-corrected chi connectivity index (χ0v) is 16.6. The van der Waals surface area contributed by atoms with Crippen LogP contribution in [0.5, 0.6) is 0 Å². The number of fused-ring (bicyclic) bond motifs is 2. The second kappa shape index (κ2) is 6.32. The summed E-state index contributed by atoms with van der Waals surface area (Å²) in [5, 5.41) is 20.5.